The lowest BCUT2D eigenvalue weighted by atomic mass is 9.52. The fraction of sp³-hybridized carbons (Fsp3) is 0.800. The van der Waals surface area contributed by atoms with Gasteiger partial charge < -0.3 is 20.6 Å². The number of amides is 1. The molecule has 6 aliphatic rings. The fourth-order valence-corrected chi connectivity index (χ4v) is 7.64. The fourth-order valence-electron chi connectivity index (χ4n) is 7.64. The maximum Gasteiger partial charge on any atom is 0.254 e. The van der Waals surface area contributed by atoms with E-state index in [2.05, 4.69) is 34.4 Å². The van der Waals surface area contributed by atoms with Crippen molar-refractivity contribution in [1.29, 1.82) is 0 Å². The molecule has 0 spiro atoms. The first-order valence-corrected chi connectivity index (χ1v) is 12.8. The van der Waals surface area contributed by atoms with E-state index in [-0.39, 0.29) is 11.9 Å². The Balaban J connectivity index is 1.24. The first-order valence-electron chi connectivity index (χ1n) is 12.8. The average Bonchev–Trinajstić information content (AvgIpc) is 2.67. The van der Waals surface area contributed by atoms with Gasteiger partial charge in [0.15, 0.2) is 0 Å². The summed E-state index contributed by atoms with van der Waals surface area (Å²) in [5.74, 6) is 2.58. The minimum absolute atomic E-state index is 0.00930. The van der Waals surface area contributed by atoms with Crippen LogP contribution >= 0.6 is 0 Å². The SMILES string of the molecule is CC1CN(c2ncc(C(=O)NC3C4CC5CC3CC(O)(C5)C4)c(C3CCC3)n2)CC(C)N1. The summed E-state index contributed by atoms with van der Waals surface area (Å²) >= 11 is 0. The number of carbonyl (C=O) groups excluding carboxylic acids is 1. The van der Waals surface area contributed by atoms with E-state index in [0.29, 0.717) is 41.3 Å². The molecule has 2 heterocycles. The molecule has 1 aromatic rings. The molecular weight excluding hydrogens is 402 g/mol. The minimum atomic E-state index is -0.475. The summed E-state index contributed by atoms with van der Waals surface area (Å²) in [5.41, 5.74) is 1.14. The molecule has 32 heavy (non-hydrogen) atoms. The van der Waals surface area contributed by atoms with Gasteiger partial charge in [-0.15, -0.1) is 0 Å². The highest BCUT2D eigenvalue weighted by atomic mass is 16.3. The molecule has 1 aliphatic heterocycles. The summed E-state index contributed by atoms with van der Waals surface area (Å²) in [6, 6.07) is 0.969. The van der Waals surface area contributed by atoms with E-state index in [0.717, 1.165) is 69.7 Å². The maximum atomic E-state index is 13.5. The Morgan fingerprint density at radius 2 is 1.84 bits per heavy atom. The van der Waals surface area contributed by atoms with E-state index in [9.17, 15) is 9.90 Å². The highest BCUT2D eigenvalue weighted by molar-refractivity contribution is 5.95. The Morgan fingerprint density at radius 1 is 1.16 bits per heavy atom. The number of piperazine rings is 1. The molecule has 174 valence electrons. The zero-order valence-electron chi connectivity index (χ0n) is 19.4. The van der Waals surface area contributed by atoms with Gasteiger partial charge in [-0.25, -0.2) is 9.97 Å². The number of rotatable bonds is 4. The van der Waals surface area contributed by atoms with Crippen LogP contribution in [0, 0.1) is 17.8 Å². The molecule has 4 atom stereocenters. The van der Waals surface area contributed by atoms with Crippen LogP contribution in [-0.2, 0) is 0 Å². The zero-order chi connectivity index (χ0) is 22.0. The second kappa shape index (κ2) is 7.66. The molecule has 0 aromatic carbocycles. The molecule has 6 fully saturated rings. The maximum absolute atomic E-state index is 13.5. The number of hydrogen-bond acceptors (Lipinski definition) is 6. The first-order chi connectivity index (χ1) is 15.4. The van der Waals surface area contributed by atoms with Crippen molar-refractivity contribution in [3.8, 4) is 0 Å². The van der Waals surface area contributed by atoms with Crippen LogP contribution in [0.15, 0.2) is 6.20 Å². The lowest BCUT2D eigenvalue weighted by Crippen LogP contribution is -2.61. The molecule has 1 saturated heterocycles. The van der Waals surface area contributed by atoms with E-state index in [1.54, 1.807) is 6.20 Å². The molecule has 7 heteroatoms. The van der Waals surface area contributed by atoms with E-state index in [4.69, 9.17) is 4.98 Å². The number of hydrogen-bond donors (Lipinski definition) is 3. The largest absolute Gasteiger partial charge is 0.390 e. The molecule has 7 rings (SSSR count). The second-order valence-electron chi connectivity index (χ2n) is 11.7. The van der Waals surface area contributed by atoms with Crippen molar-refractivity contribution in [2.45, 2.75) is 94.9 Å². The third kappa shape index (κ3) is 3.61. The van der Waals surface area contributed by atoms with Crippen molar-refractivity contribution in [2.75, 3.05) is 18.0 Å². The van der Waals surface area contributed by atoms with Gasteiger partial charge in [-0.05, 0) is 76.5 Å². The number of anilines is 1. The standard InChI is InChI=1S/C25H37N5O2/c1-14-12-30(13-15(2)27-14)24-26-11-20(22(29-24)17-4-3-5-17)23(31)28-21-18-6-16-7-19(21)10-25(32,8-16)9-18/h11,14-19,21,27,32H,3-10,12-13H2,1-2H3,(H,28,31). The predicted molar refractivity (Wildman–Crippen MR) is 123 cm³/mol. The van der Waals surface area contributed by atoms with Gasteiger partial charge in [0.2, 0.25) is 5.95 Å². The molecule has 4 unspecified atom stereocenters. The highest BCUT2D eigenvalue weighted by Crippen LogP contribution is 2.55. The summed E-state index contributed by atoms with van der Waals surface area (Å²) in [5, 5.41) is 17.8. The second-order valence-corrected chi connectivity index (χ2v) is 11.7. The molecule has 5 aliphatic carbocycles. The third-order valence-corrected chi connectivity index (χ3v) is 8.92. The van der Waals surface area contributed by atoms with Gasteiger partial charge in [0, 0.05) is 43.3 Å². The summed E-state index contributed by atoms with van der Waals surface area (Å²) < 4.78 is 0. The molecule has 5 saturated carbocycles. The topological polar surface area (TPSA) is 90.4 Å². The quantitative estimate of drug-likeness (QED) is 0.668. The summed E-state index contributed by atoms with van der Waals surface area (Å²) in [4.78, 5) is 25.4. The zero-order valence-corrected chi connectivity index (χ0v) is 19.4. The molecular formula is C25H37N5O2. The van der Waals surface area contributed by atoms with Crippen LogP contribution < -0.4 is 15.5 Å². The monoisotopic (exact) mass is 439 g/mol. The average molecular weight is 440 g/mol. The van der Waals surface area contributed by atoms with E-state index in [1.807, 2.05) is 0 Å². The van der Waals surface area contributed by atoms with Crippen LogP contribution in [-0.4, -0.2) is 57.8 Å². The van der Waals surface area contributed by atoms with Crippen molar-refractivity contribution in [3.63, 3.8) is 0 Å². The molecule has 7 nitrogen and oxygen atoms in total. The van der Waals surface area contributed by atoms with Gasteiger partial charge in [0.25, 0.3) is 5.91 Å². The smallest absolute Gasteiger partial charge is 0.254 e. The minimum Gasteiger partial charge on any atom is -0.390 e. The van der Waals surface area contributed by atoms with Crippen molar-refractivity contribution >= 4 is 11.9 Å². The summed E-state index contributed by atoms with van der Waals surface area (Å²) in [7, 11) is 0. The lowest BCUT2D eigenvalue weighted by molar-refractivity contribution is -0.136. The number of nitrogens with one attached hydrogen (secondary N) is 2. The van der Waals surface area contributed by atoms with Crippen molar-refractivity contribution in [1.82, 2.24) is 20.6 Å². The van der Waals surface area contributed by atoms with Gasteiger partial charge in [-0.1, -0.05) is 6.42 Å². The van der Waals surface area contributed by atoms with Crippen molar-refractivity contribution in [3.05, 3.63) is 17.5 Å². The first kappa shape index (κ1) is 20.8. The van der Waals surface area contributed by atoms with Crippen molar-refractivity contribution < 1.29 is 9.90 Å². The van der Waals surface area contributed by atoms with E-state index < -0.39 is 5.60 Å². The molecule has 0 radical (unpaired) electrons. The molecule has 1 aromatic heterocycles. The molecule has 4 bridgehead atoms. The number of aromatic nitrogens is 2. The number of nitrogens with zero attached hydrogens (tertiary/aromatic N) is 3. The van der Waals surface area contributed by atoms with Gasteiger partial charge in [-0.2, -0.15) is 0 Å². The predicted octanol–water partition coefficient (Wildman–Crippen LogP) is 2.60. The lowest BCUT2D eigenvalue weighted by Gasteiger charge is -2.58. The van der Waals surface area contributed by atoms with Crippen LogP contribution in [0.5, 0.6) is 0 Å². The third-order valence-electron chi connectivity index (χ3n) is 8.92. The van der Waals surface area contributed by atoms with Crippen molar-refractivity contribution in [2.24, 2.45) is 17.8 Å². The number of carbonyl (C=O) groups is 1. The summed E-state index contributed by atoms with van der Waals surface area (Å²) in [6.07, 6.45) is 10.1. The van der Waals surface area contributed by atoms with Gasteiger partial charge in [0.1, 0.15) is 0 Å². The van der Waals surface area contributed by atoms with Crippen LogP contribution in [0.3, 0.4) is 0 Å². The van der Waals surface area contributed by atoms with E-state index in [1.165, 1.54) is 6.42 Å². The normalized spacial score (nSPS) is 40.9. The Morgan fingerprint density at radius 3 is 2.44 bits per heavy atom. The van der Waals surface area contributed by atoms with Crippen LogP contribution in [0.25, 0.3) is 0 Å². The van der Waals surface area contributed by atoms with Gasteiger partial charge in [-0.3, -0.25) is 4.79 Å². The Bertz CT molecular complexity index is 876. The van der Waals surface area contributed by atoms with Crippen LogP contribution in [0.1, 0.15) is 87.2 Å². The van der Waals surface area contributed by atoms with Gasteiger partial charge in [0.05, 0.1) is 16.9 Å². The summed E-state index contributed by atoms with van der Waals surface area (Å²) in [6.45, 7) is 6.16. The Kier molecular flexibility index (Phi) is 4.99. The molecule has 3 N–H and O–H groups in total. The van der Waals surface area contributed by atoms with Crippen LogP contribution in [0.4, 0.5) is 5.95 Å². The Labute approximate surface area is 190 Å². The van der Waals surface area contributed by atoms with Gasteiger partial charge >= 0.3 is 0 Å². The van der Waals surface area contributed by atoms with E-state index >= 15 is 0 Å². The molecule has 1 amide bonds. The Hall–Kier alpha value is -1.73. The van der Waals surface area contributed by atoms with Crippen LogP contribution in [0.2, 0.25) is 0 Å². The number of aliphatic hydroxyl groups is 1. The highest BCUT2D eigenvalue weighted by Gasteiger charge is 2.55.